The number of para-hydroxylation sites is 1. The van der Waals surface area contributed by atoms with Gasteiger partial charge in [0.15, 0.2) is 5.43 Å². The molecule has 0 fully saturated rings. The minimum atomic E-state index is -0.914. The van der Waals surface area contributed by atoms with Crippen LogP contribution in [-0.2, 0) is 18.3 Å². The molecule has 0 unspecified atom stereocenters. The van der Waals surface area contributed by atoms with Gasteiger partial charge in [-0.25, -0.2) is 0 Å². The third-order valence-electron chi connectivity index (χ3n) is 4.36. The normalized spacial score (nSPS) is 10.8. The molecule has 0 saturated heterocycles. The summed E-state index contributed by atoms with van der Waals surface area (Å²) in [4.78, 5) is 23.7. The molecule has 0 aliphatic carbocycles. The van der Waals surface area contributed by atoms with Gasteiger partial charge in [0.1, 0.15) is 11.5 Å². The number of carboxylic acid groups (broad SMARTS) is 1. The highest BCUT2D eigenvalue weighted by atomic mass is 16.5. The predicted octanol–water partition coefficient (Wildman–Crippen LogP) is 3.66. The molecular weight excluding hydrogens is 318 g/mol. The fraction of sp³-hybridized carbons (Fsp3) is 0.200. The van der Waals surface area contributed by atoms with Gasteiger partial charge in [0, 0.05) is 30.1 Å². The van der Waals surface area contributed by atoms with Crippen molar-refractivity contribution in [3.05, 3.63) is 70.0 Å². The molecule has 1 N–H and O–H groups in total. The van der Waals surface area contributed by atoms with Crippen LogP contribution >= 0.6 is 0 Å². The van der Waals surface area contributed by atoms with Gasteiger partial charge in [-0.2, -0.15) is 0 Å². The van der Waals surface area contributed by atoms with E-state index in [0.29, 0.717) is 22.4 Å². The number of benzene rings is 2. The van der Waals surface area contributed by atoms with E-state index in [1.165, 1.54) is 0 Å². The van der Waals surface area contributed by atoms with E-state index in [1.54, 1.807) is 6.07 Å². The highest BCUT2D eigenvalue weighted by molar-refractivity contribution is 5.82. The largest absolute Gasteiger partial charge is 0.481 e. The van der Waals surface area contributed by atoms with Crippen molar-refractivity contribution in [1.82, 2.24) is 4.57 Å². The number of aryl methyl sites for hydroxylation is 1. The smallest absolute Gasteiger partial charge is 0.303 e. The van der Waals surface area contributed by atoms with E-state index in [9.17, 15) is 9.59 Å². The lowest BCUT2D eigenvalue weighted by atomic mass is 10.0. The van der Waals surface area contributed by atoms with Crippen molar-refractivity contribution in [3.8, 4) is 11.5 Å². The van der Waals surface area contributed by atoms with Gasteiger partial charge in [-0.1, -0.05) is 18.2 Å². The van der Waals surface area contributed by atoms with Crippen molar-refractivity contribution in [2.45, 2.75) is 19.8 Å². The Labute approximate surface area is 145 Å². The number of nitrogens with zero attached hydrogens (tertiary/aromatic N) is 1. The Morgan fingerprint density at radius 1 is 1.12 bits per heavy atom. The minimum absolute atomic E-state index is 0.0677. The first-order chi connectivity index (χ1) is 12.0. The highest BCUT2D eigenvalue weighted by Gasteiger charge is 2.14. The zero-order valence-corrected chi connectivity index (χ0v) is 14.2. The first kappa shape index (κ1) is 16.8. The average Bonchev–Trinajstić information content (AvgIpc) is 2.60. The first-order valence-corrected chi connectivity index (χ1v) is 8.04. The van der Waals surface area contributed by atoms with E-state index in [1.807, 2.05) is 61.0 Å². The summed E-state index contributed by atoms with van der Waals surface area (Å²) in [7, 11) is 1.87. The molecule has 25 heavy (non-hydrogen) atoms. The zero-order chi connectivity index (χ0) is 18.0. The lowest BCUT2D eigenvalue weighted by molar-refractivity contribution is -0.136. The molecule has 3 aromatic rings. The van der Waals surface area contributed by atoms with E-state index in [2.05, 4.69) is 0 Å². The van der Waals surface area contributed by atoms with Crippen molar-refractivity contribution in [3.63, 3.8) is 0 Å². The number of pyridine rings is 1. The van der Waals surface area contributed by atoms with Gasteiger partial charge >= 0.3 is 5.97 Å². The molecule has 1 heterocycles. The standard InChI is InChI=1S/C20H19NO4/c1-13-16(9-11-19(22)23)20(24)17-12-15(8-10-18(17)21(13)2)25-14-6-4-3-5-7-14/h3-8,10,12H,9,11H2,1-2H3,(H,22,23). The van der Waals surface area contributed by atoms with Crippen LogP contribution in [0.5, 0.6) is 11.5 Å². The van der Waals surface area contributed by atoms with Gasteiger partial charge in [-0.3, -0.25) is 9.59 Å². The summed E-state index contributed by atoms with van der Waals surface area (Å²) in [5.74, 6) is 0.350. The van der Waals surface area contributed by atoms with Crippen LogP contribution < -0.4 is 10.2 Å². The topological polar surface area (TPSA) is 68.5 Å². The summed E-state index contributed by atoms with van der Waals surface area (Å²) < 4.78 is 7.72. The number of aliphatic carboxylic acids is 1. The van der Waals surface area contributed by atoms with Gasteiger partial charge in [0.25, 0.3) is 0 Å². The van der Waals surface area contributed by atoms with Gasteiger partial charge in [0.05, 0.1) is 5.52 Å². The summed E-state index contributed by atoms with van der Waals surface area (Å²) in [6.45, 7) is 1.84. The summed E-state index contributed by atoms with van der Waals surface area (Å²) in [5, 5.41) is 9.45. The molecular formula is C20H19NO4. The molecule has 128 valence electrons. The zero-order valence-electron chi connectivity index (χ0n) is 14.2. The van der Waals surface area contributed by atoms with Crippen molar-refractivity contribution < 1.29 is 14.6 Å². The maximum atomic E-state index is 12.9. The van der Waals surface area contributed by atoms with Gasteiger partial charge in [0.2, 0.25) is 0 Å². The summed E-state index contributed by atoms with van der Waals surface area (Å²) in [5.41, 5.74) is 1.98. The molecule has 0 bridgehead atoms. The third-order valence-corrected chi connectivity index (χ3v) is 4.36. The van der Waals surface area contributed by atoms with Gasteiger partial charge in [-0.05, 0) is 43.7 Å². The molecule has 5 nitrogen and oxygen atoms in total. The number of carbonyl (C=O) groups is 1. The molecule has 5 heteroatoms. The Kier molecular flexibility index (Phi) is 4.57. The van der Waals surface area contributed by atoms with Crippen molar-refractivity contribution in [1.29, 1.82) is 0 Å². The Hall–Kier alpha value is -3.08. The second-order valence-corrected chi connectivity index (χ2v) is 5.94. The molecule has 0 saturated carbocycles. The van der Waals surface area contributed by atoms with Crippen LogP contribution in [0.25, 0.3) is 10.9 Å². The highest BCUT2D eigenvalue weighted by Crippen LogP contribution is 2.25. The van der Waals surface area contributed by atoms with Crippen LogP contribution in [0.3, 0.4) is 0 Å². The third kappa shape index (κ3) is 3.40. The minimum Gasteiger partial charge on any atom is -0.481 e. The number of fused-ring (bicyclic) bond motifs is 1. The summed E-state index contributed by atoms with van der Waals surface area (Å²) in [6.07, 6.45) is 0.148. The number of hydrogen-bond donors (Lipinski definition) is 1. The number of carboxylic acids is 1. The van der Waals surface area contributed by atoms with Crippen LogP contribution in [0, 0.1) is 6.92 Å². The first-order valence-electron chi connectivity index (χ1n) is 8.04. The predicted molar refractivity (Wildman–Crippen MR) is 96.4 cm³/mol. The lowest BCUT2D eigenvalue weighted by Crippen LogP contribution is -2.18. The Balaban J connectivity index is 2.08. The van der Waals surface area contributed by atoms with E-state index in [4.69, 9.17) is 9.84 Å². The van der Waals surface area contributed by atoms with Crippen LogP contribution in [0.2, 0.25) is 0 Å². The maximum absolute atomic E-state index is 12.9. The monoisotopic (exact) mass is 337 g/mol. The summed E-state index contributed by atoms with van der Waals surface area (Å²) in [6, 6.07) is 14.7. The van der Waals surface area contributed by atoms with E-state index in [0.717, 1.165) is 11.2 Å². The number of hydrogen-bond acceptors (Lipinski definition) is 3. The second-order valence-electron chi connectivity index (χ2n) is 5.94. The Morgan fingerprint density at radius 2 is 1.84 bits per heavy atom. The number of aromatic nitrogens is 1. The summed E-state index contributed by atoms with van der Waals surface area (Å²) >= 11 is 0. The fourth-order valence-electron chi connectivity index (χ4n) is 2.91. The lowest BCUT2D eigenvalue weighted by Gasteiger charge is -2.15. The fourth-order valence-corrected chi connectivity index (χ4v) is 2.91. The average molecular weight is 337 g/mol. The Bertz CT molecular complexity index is 990. The van der Waals surface area contributed by atoms with Crippen LogP contribution in [0.4, 0.5) is 0 Å². The quantitative estimate of drug-likeness (QED) is 0.771. The molecule has 0 amide bonds. The SMILES string of the molecule is Cc1c(CCC(=O)O)c(=O)c2cc(Oc3ccccc3)ccc2n1C. The molecule has 0 aliphatic heterocycles. The Morgan fingerprint density at radius 3 is 2.52 bits per heavy atom. The van der Waals surface area contributed by atoms with Crippen molar-refractivity contribution in [2.75, 3.05) is 0 Å². The molecule has 2 aromatic carbocycles. The molecule has 3 rings (SSSR count). The van der Waals surface area contributed by atoms with Crippen LogP contribution in [-0.4, -0.2) is 15.6 Å². The van der Waals surface area contributed by atoms with E-state index >= 15 is 0 Å². The number of rotatable bonds is 5. The molecule has 0 aliphatic rings. The molecule has 0 radical (unpaired) electrons. The van der Waals surface area contributed by atoms with E-state index in [-0.39, 0.29) is 18.3 Å². The van der Waals surface area contributed by atoms with Crippen LogP contribution in [0.1, 0.15) is 17.7 Å². The maximum Gasteiger partial charge on any atom is 0.303 e. The molecule has 0 spiro atoms. The van der Waals surface area contributed by atoms with Crippen molar-refractivity contribution in [2.24, 2.45) is 7.05 Å². The van der Waals surface area contributed by atoms with E-state index < -0.39 is 5.97 Å². The second kappa shape index (κ2) is 6.81. The number of ether oxygens (including phenoxy) is 1. The molecule has 0 atom stereocenters. The van der Waals surface area contributed by atoms with Gasteiger partial charge < -0.3 is 14.4 Å². The van der Waals surface area contributed by atoms with Crippen molar-refractivity contribution >= 4 is 16.9 Å². The van der Waals surface area contributed by atoms with Crippen LogP contribution in [0.15, 0.2) is 53.3 Å². The van der Waals surface area contributed by atoms with Gasteiger partial charge in [-0.15, -0.1) is 0 Å². The molecule has 1 aromatic heterocycles.